The molecule has 0 saturated heterocycles. The van der Waals surface area contributed by atoms with Crippen molar-refractivity contribution in [3.8, 4) is 0 Å². The quantitative estimate of drug-likeness (QED) is 0.375. The maximum absolute atomic E-state index is 13.8. The molecule has 39 heavy (non-hydrogen) atoms. The number of sulfone groups is 1. The smallest absolute Gasteiger partial charge is 0.255 e. The maximum atomic E-state index is 13.8. The Morgan fingerprint density at radius 2 is 1.90 bits per heavy atom. The standard InChI is InChI=1S/C28H34ClFN2O6S/c1-15-8-19-11-21(12-22(15)28(19,36)13-26(34)31-14-17(3)33)39(37,38)25-10-18(4-6-23(25)29)27(35)32-20-5-7-24(30)16(2)9-20/h4-7,9-10,15,17,19,21-22,33,36H,8,11-14H2,1-3H3,(H,31,34)(H,32,35)/t15-,17-,19?,21+,22?,28+/m0/s1. The predicted molar refractivity (Wildman–Crippen MR) is 146 cm³/mol. The van der Waals surface area contributed by atoms with Crippen LogP contribution >= 0.6 is 11.6 Å². The summed E-state index contributed by atoms with van der Waals surface area (Å²) in [6.45, 7) is 5.14. The molecule has 2 aliphatic carbocycles. The molecule has 0 spiro atoms. The van der Waals surface area contributed by atoms with E-state index in [9.17, 15) is 32.6 Å². The molecule has 4 N–H and O–H groups in total. The molecule has 2 saturated carbocycles. The van der Waals surface area contributed by atoms with Crippen molar-refractivity contribution in [2.45, 2.75) is 68.3 Å². The van der Waals surface area contributed by atoms with Crippen molar-refractivity contribution >= 4 is 38.9 Å². The van der Waals surface area contributed by atoms with Crippen LogP contribution in [-0.2, 0) is 14.6 Å². The molecule has 2 aromatic carbocycles. The summed E-state index contributed by atoms with van der Waals surface area (Å²) in [5, 5.41) is 25.4. The van der Waals surface area contributed by atoms with Gasteiger partial charge in [-0.2, -0.15) is 0 Å². The van der Waals surface area contributed by atoms with Crippen LogP contribution in [0.15, 0.2) is 41.3 Å². The molecule has 2 fully saturated rings. The molecule has 2 aliphatic rings. The van der Waals surface area contributed by atoms with Crippen molar-refractivity contribution in [3.63, 3.8) is 0 Å². The van der Waals surface area contributed by atoms with Gasteiger partial charge in [0, 0.05) is 17.8 Å². The largest absolute Gasteiger partial charge is 0.392 e. The summed E-state index contributed by atoms with van der Waals surface area (Å²) in [7, 11) is -3.99. The van der Waals surface area contributed by atoms with Crippen LogP contribution in [0.25, 0.3) is 0 Å². The number of rotatable bonds is 8. The first-order valence-corrected chi connectivity index (χ1v) is 14.9. The highest BCUT2D eigenvalue weighted by Gasteiger charge is 2.59. The minimum Gasteiger partial charge on any atom is -0.392 e. The second-order valence-corrected chi connectivity index (χ2v) is 13.6. The summed E-state index contributed by atoms with van der Waals surface area (Å²) < 4.78 is 41.2. The molecular formula is C28H34ClFN2O6S. The second-order valence-electron chi connectivity index (χ2n) is 11.0. The van der Waals surface area contributed by atoms with Crippen molar-refractivity contribution in [1.82, 2.24) is 5.32 Å². The lowest BCUT2D eigenvalue weighted by molar-refractivity contribution is -0.133. The average molecular weight is 581 g/mol. The molecule has 4 rings (SSSR count). The van der Waals surface area contributed by atoms with E-state index >= 15 is 0 Å². The van der Waals surface area contributed by atoms with E-state index in [1.165, 1.54) is 36.4 Å². The number of hydrogen-bond acceptors (Lipinski definition) is 6. The summed E-state index contributed by atoms with van der Waals surface area (Å²) in [6.07, 6.45) is 0.0185. The molecule has 2 amide bonds. The zero-order valence-electron chi connectivity index (χ0n) is 22.1. The number of nitrogens with one attached hydrogen (secondary N) is 2. The van der Waals surface area contributed by atoms with E-state index in [1.54, 1.807) is 13.8 Å². The van der Waals surface area contributed by atoms with E-state index < -0.39 is 50.4 Å². The molecule has 8 nitrogen and oxygen atoms in total. The van der Waals surface area contributed by atoms with Gasteiger partial charge in [-0.3, -0.25) is 9.59 Å². The molecule has 0 aromatic heterocycles. The number of carbonyl (C=O) groups excluding carboxylic acids is 2. The van der Waals surface area contributed by atoms with E-state index in [1.807, 2.05) is 6.92 Å². The number of amides is 2. The zero-order chi connectivity index (χ0) is 28.7. The van der Waals surface area contributed by atoms with Crippen molar-refractivity contribution in [3.05, 3.63) is 58.4 Å². The van der Waals surface area contributed by atoms with Gasteiger partial charge in [0.25, 0.3) is 5.91 Å². The summed E-state index contributed by atoms with van der Waals surface area (Å²) in [4.78, 5) is 25.2. The maximum Gasteiger partial charge on any atom is 0.255 e. The molecule has 2 bridgehead atoms. The second kappa shape index (κ2) is 11.2. The van der Waals surface area contributed by atoms with Gasteiger partial charge in [-0.15, -0.1) is 0 Å². The van der Waals surface area contributed by atoms with Crippen molar-refractivity contribution < 1.29 is 32.6 Å². The van der Waals surface area contributed by atoms with Gasteiger partial charge in [0.15, 0.2) is 9.84 Å². The fourth-order valence-electron chi connectivity index (χ4n) is 6.12. The van der Waals surface area contributed by atoms with Crippen LogP contribution in [0.3, 0.4) is 0 Å². The van der Waals surface area contributed by atoms with E-state index in [4.69, 9.17) is 11.6 Å². The monoisotopic (exact) mass is 580 g/mol. The highest BCUT2D eigenvalue weighted by molar-refractivity contribution is 7.92. The summed E-state index contributed by atoms with van der Waals surface area (Å²) >= 11 is 6.33. The van der Waals surface area contributed by atoms with Gasteiger partial charge >= 0.3 is 0 Å². The zero-order valence-corrected chi connectivity index (χ0v) is 23.7. The fraction of sp³-hybridized carbons (Fsp3) is 0.500. The van der Waals surface area contributed by atoms with Gasteiger partial charge in [0.1, 0.15) is 5.82 Å². The van der Waals surface area contributed by atoms with Crippen LogP contribution in [0.5, 0.6) is 0 Å². The average Bonchev–Trinajstić information content (AvgIpc) is 2.97. The molecule has 212 valence electrons. The van der Waals surface area contributed by atoms with Gasteiger partial charge in [0.05, 0.1) is 33.3 Å². The summed E-state index contributed by atoms with van der Waals surface area (Å²) in [5.74, 6) is -2.17. The van der Waals surface area contributed by atoms with E-state index in [0.717, 1.165) is 0 Å². The van der Waals surface area contributed by atoms with E-state index in [2.05, 4.69) is 10.6 Å². The first kappa shape index (κ1) is 29.5. The third-order valence-corrected chi connectivity index (χ3v) is 10.8. The normalized spacial score (nSPS) is 27.2. The highest BCUT2D eigenvalue weighted by atomic mass is 35.5. The lowest BCUT2D eigenvalue weighted by Gasteiger charge is -2.42. The molecular weight excluding hydrogens is 547 g/mol. The van der Waals surface area contributed by atoms with Gasteiger partial charge < -0.3 is 20.8 Å². The third-order valence-electron chi connectivity index (χ3n) is 8.15. The number of carbonyl (C=O) groups is 2. The molecule has 2 unspecified atom stereocenters. The molecule has 0 radical (unpaired) electrons. The van der Waals surface area contributed by atoms with Crippen LogP contribution in [0, 0.1) is 30.5 Å². The number of fused-ring (bicyclic) bond motifs is 2. The van der Waals surface area contributed by atoms with Crippen LogP contribution in [0.1, 0.15) is 55.5 Å². The number of hydrogen-bond donors (Lipinski definition) is 4. The number of anilines is 1. The van der Waals surface area contributed by atoms with Crippen molar-refractivity contribution in [2.24, 2.45) is 17.8 Å². The number of aryl methyl sites for hydroxylation is 1. The van der Waals surface area contributed by atoms with Gasteiger partial charge in [-0.25, -0.2) is 12.8 Å². The van der Waals surface area contributed by atoms with Crippen LogP contribution in [0.2, 0.25) is 5.02 Å². The molecule has 6 atom stereocenters. The predicted octanol–water partition coefficient (Wildman–Crippen LogP) is 3.87. The van der Waals surface area contributed by atoms with Crippen LogP contribution < -0.4 is 10.6 Å². The molecule has 0 aliphatic heterocycles. The Morgan fingerprint density at radius 3 is 2.54 bits per heavy atom. The number of aliphatic hydroxyl groups excluding tert-OH is 1. The van der Waals surface area contributed by atoms with Crippen molar-refractivity contribution in [2.75, 3.05) is 11.9 Å². The van der Waals surface area contributed by atoms with Crippen LogP contribution in [-0.4, -0.2) is 53.9 Å². The summed E-state index contributed by atoms with van der Waals surface area (Å²) in [6, 6.07) is 8.16. The molecule has 0 heterocycles. The fourth-order valence-corrected chi connectivity index (χ4v) is 8.50. The Morgan fingerprint density at radius 1 is 1.18 bits per heavy atom. The Labute approximate surface area is 232 Å². The highest BCUT2D eigenvalue weighted by Crippen LogP contribution is 2.56. The van der Waals surface area contributed by atoms with E-state index in [0.29, 0.717) is 17.7 Å². The minimum absolute atomic E-state index is 0.0107. The van der Waals surface area contributed by atoms with Gasteiger partial charge in [0.2, 0.25) is 5.91 Å². The lowest BCUT2D eigenvalue weighted by atomic mass is 9.71. The number of benzene rings is 2. The van der Waals surface area contributed by atoms with Crippen LogP contribution in [0.4, 0.5) is 10.1 Å². The Kier molecular flexibility index (Phi) is 8.42. The Balaban J connectivity index is 1.54. The molecule has 2 aromatic rings. The SMILES string of the molecule is Cc1cc(NC(=O)c2ccc(Cl)c(S(=O)(=O)[C@@H]3CC4C[C@H](C)C(C3)[C@@]4(O)CC(=O)NC[C@H](C)O)c2)ccc1F. The Bertz CT molecular complexity index is 1380. The minimum atomic E-state index is -3.99. The molecule has 11 heteroatoms. The topological polar surface area (TPSA) is 133 Å². The first-order chi connectivity index (χ1) is 18.2. The van der Waals surface area contributed by atoms with E-state index in [-0.39, 0.29) is 53.1 Å². The first-order valence-electron chi connectivity index (χ1n) is 13.0. The third kappa shape index (κ3) is 5.99. The van der Waals surface area contributed by atoms with Crippen molar-refractivity contribution in [1.29, 1.82) is 0 Å². The number of aliphatic hydroxyl groups is 2. The number of halogens is 2. The van der Waals surface area contributed by atoms with Gasteiger partial charge in [-0.1, -0.05) is 18.5 Å². The Hall–Kier alpha value is -2.53. The summed E-state index contributed by atoms with van der Waals surface area (Å²) in [5.41, 5.74) is -0.535. The van der Waals surface area contributed by atoms with Gasteiger partial charge in [-0.05, 0) is 92.8 Å². The lowest BCUT2D eigenvalue weighted by Crippen LogP contribution is -2.51.